The van der Waals surface area contributed by atoms with Gasteiger partial charge in [-0.3, -0.25) is 0 Å². The summed E-state index contributed by atoms with van der Waals surface area (Å²) in [6.45, 7) is 5.20. The van der Waals surface area contributed by atoms with Gasteiger partial charge in [0.1, 0.15) is 5.75 Å². The predicted molar refractivity (Wildman–Crippen MR) is 68.3 cm³/mol. The Labute approximate surface area is 102 Å². The monoisotopic (exact) mass is 236 g/mol. The van der Waals surface area contributed by atoms with Crippen LogP contribution in [0, 0.1) is 6.92 Å². The van der Waals surface area contributed by atoms with Crippen LogP contribution in [-0.2, 0) is 6.54 Å². The molecule has 17 heavy (non-hydrogen) atoms. The molecule has 0 unspecified atom stereocenters. The van der Waals surface area contributed by atoms with Gasteiger partial charge in [-0.1, -0.05) is 24.6 Å². The fraction of sp³-hybridized carbons (Fsp3) is 0.462. The predicted octanol–water partition coefficient (Wildman–Crippen LogP) is 2.21. The maximum absolute atomic E-state index is 11.4. The molecule has 0 aromatic heterocycles. The number of ether oxygens (including phenoxy) is 1. The lowest BCUT2D eigenvalue weighted by atomic mass is 10.1. The number of urea groups is 1. The minimum Gasteiger partial charge on any atom is -0.496 e. The van der Waals surface area contributed by atoms with E-state index in [-0.39, 0.29) is 6.03 Å². The van der Waals surface area contributed by atoms with Gasteiger partial charge in [-0.25, -0.2) is 4.79 Å². The zero-order valence-electron chi connectivity index (χ0n) is 10.7. The van der Waals surface area contributed by atoms with E-state index in [4.69, 9.17) is 4.74 Å². The molecular weight excluding hydrogens is 216 g/mol. The third kappa shape index (κ3) is 4.34. The van der Waals surface area contributed by atoms with Gasteiger partial charge in [-0.15, -0.1) is 0 Å². The first-order valence-corrected chi connectivity index (χ1v) is 5.82. The summed E-state index contributed by atoms with van der Waals surface area (Å²) < 4.78 is 5.24. The van der Waals surface area contributed by atoms with Gasteiger partial charge in [0.2, 0.25) is 0 Å². The SMILES string of the molecule is CCCNC(=O)NCc1cc(C)ccc1OC. The molecule has 0 heterocycles. The summed E-state index contributed by atoms with van der Waals surface area (Å²) in [5, 5.41) is 5.57. The molecule has 0 saturated carbocycles. The Morgan fingerprint density at radius 2 is 2.12 bits per heavy atom. The van der Waals surface area contributed by atoms with Crippen molar-refractivity contribution in [2.24, 2.45) is 0 Å². The number of hydrogen-bond donors (Lipinski definition) is 2. The zero-order valence-corrected chi connectivity index (χ0v) is 10.7. The molecule has 4 nitrogen and oxygen atoms in total. The van der Waals surface area contributed by atoms with Crippen LogP contribution in [0.15, 0.2) is 18.2 Å². The molecule has 1 aromatic rings. The van der Waals surface area contributed by atoms with E-state index in [0.717, 1.165) is 23.3 Å². The van der Waals surface area contributed by atoms with E-state index in [1.807, 2.05) is 32.0 Å². The number of benzene rings is 1. The van der Waals surface area contributed by atoms with Crippen LogP contribution < -0.4 is 15.4 Å². The number of aryl methyl sites for hydroxylation is 1. The average molecular weight is 236 g/mol. The van der Waals surface area contributed by atoms with Crippen LogP contribution in [0.5, 0.6) is 5.75 Å². The van der Waals surface area contributed by atoms with Gasteiger partial charge >= 0.3 is 6.03 Å². The Bertz CT molecular complexity index is 378. The van der Waals surface area contributed by atoms with E-state index in [0.29, 0.717) is 13.1 Å². The number of nitrogens with one attached hydrogen (secondary N) is 2. The zero-order chi connectivity index (χ0) is 12.7. The molecule has 0 aliphatic carbocycles. The van der Waals surface area contributed by atoms with E-state index in [9.17, 15) is 4.79 Å². The summed E-state index contributed by atoms with van der Waals surface area (Å²) in [7, 11) is 1.63. The van der Waals surface area contributed by atoms with Crippen molar-refractivity contribution < 1.29 is 9.53 Å². The summed E-state index contributed by atoms with van der Waals surface area (Å²) in [6, 6.07) is 5.77. The summed E-state index contributed by atoms with van der Waals surface area (Å²) in [6.07, 6.45) is 0.932. The number of carbonyl (C=O) groups is 1. The molecule has 94 valence electrons. The highest BCUT2D eigenvalue weighted by Crippen LogP contribution is 2.19. The molecule has 0 aliphatic heterocycles. The lowest BCUT2D eigenvalue weighted by Crippen LogP contribution is -2.35. The van der Waals surface area contributed by atoms with Crippen molar-refractivity contribution in [3.05, 3.63) is 29.3 Å². The smallest absolute Gasteiger partial charge is 0.315 e. The molecule has 0 bridgehead atoms. The Balaban J connectivity index is 2.56. The molecule has 0 atom stereocenters. The van der Waals surface area contributed by atoms with Gasteiger partial charge < -0.3 is 15.4 Å². The van der Waals surface area contributed by atoms with Gasteiger partial charge in [0.05, 0.1) is 7.11 Å². The van der Waals surface area contributed by atoms with E-state index >= 15 is 0 Å². The fourth-order valence-corrected chi connectivity index (χ4v) is 1.52. The van der Waals surface area contributed by atoms with Gasteiger partial charge in [0, 0.05) is 18.7 Å². The normalized spacial score (nSPS) is 9.82. The van der Waals surface area contributed by atoms with Crippen molar-refractivity contribution >= 4 is 6.03 Å². The first-order chi connectivity index (χ1) is 8.17. The fourth-order valence-electron chi connectivity index (χ4n) is 1.52. The second-order valence-electron chi connectivity index (χ2n) is 3.92. The van der Waals surface area contributed by atoms with Crippen molar-refractivity contribution in [2.75, 3.05) is 13.7 Å². The minimum absolute atomic E-state index is 0.143. The molecule has 2 N–H and O–H groups in total. The molecular formula is C13H20N2O2. The maximum atomic E-state index is 11.4. The summed E-state index contributed by atoms with van der Waals surface area (Å²) in [5.74, 6) is 0.798. The summed E-state index contributed by atoms with van der Waals surface area (Å²) in [5.41, 5.74) is 2.13. The van der Waals surface area contributed by atoms with Crippen molar-refractivity contribution in [1.29, 1.82) is 0 Å². The largest absolute Gasteiger partial charge is 0.496 e. The third-order valence-corrected chi connectivity index (χ3v) is 2.41. The summed E-state index contributed by atoms with van der Waals surface area (Å²) >= 11 is 0. The molecule has 1 rings (SSSR count). The Hall–Kier alpha value is -1.71. The highest BCUT2D eigenvalue weighted by atomic mass is 16.5. The number of amides is 2. The molecule has 0 spiro atoms. The number of rotatable bonds is 5. The first kappa shape index (κ1) is 13.4. The van der Waals surface area contributed by atoms with Crippen LogP contribution in [0.1, 0.15) is 24.5 Å². The van der Waals surface area contributed by atoms with Crippen LogP contribution in [0.4, 0.5) is 4.79 Å². The quantitative estimate of drug-likeness (QED) is 0.823. The lowest BCUT2D eigenvalue weighted by molar-refractivity contribution is 0.240. The topological polar surface area (TPSA) is 50.4 Å². The van der Waals surface area contributed by atoms with Crippen molar-refractivity contribution in [3.8, 4) is 5.75 Å². The maximum Gasteiger partial charge on any atom is 0.315 e. The van der Waals surface area contributed by atoms with Crippen molar-refractivity contribution in [2.45, 2.75) is 26.8 Å². The average Bonchev–Trinajstić information content (AvgIpc) is 2.34. The van der Waals surface area contributed by atoms with Crippen LogP contribution in [-0.4, -0.2) is 19.7 Å². The van der Waals surface area contributed by atoms with E-state index in [1.54, 1.807) is 7.11 Å². The molecule has 1 aromatic carbocycles. The van der Waals surface area contributed by atoms with Crippen molar-refractivity contribution in [3.63, 3.8) is 0 Å². The number of carbonyl (C=O) groups excluding carboxylic acids is 1. The minimum atomic E-state index is -0.143. The van der Waals surface area contributed by atoms with Crippen LogP contribution in [0.2, 0.25) is 0 Å². The molecule has 2 amide bonds. The molecule has 0 saturated heterocycles. The third-order valence-electron chi connectivity index (χ3n) is 2.41. The lowest BCUT2D eigenvalue weighted by Gasteiger charge is -2.11. The van der Waals surface area contributed by atoms with Crippen LogP contribution >= 0.6 is 0 Å². The molecule has 0 aliphatic rings. The van der Waals surface area contributed by atoms with Gasteiger partial charge in [-0.2, -0.15) is 0 Å². The van der Waals surface area contributed by atoms with E-state index in [1.165, 1.54) is 0 Å². The van der Waals surface area contributed by atoms with Crippen LogP contribution in [0.3, 0.4) is 0 Å². The molecule has 0 radical (unpaired) electrons. The van der Waals surface area contributed by atoms with Gasteiger partial charge in [0.15, 0.2) is 0 Å². The van der Waals surface area contributed by atoms with Gasteiger partial charge in [-0.05, 0) is 19.4 Å². The second kappa shape index (κ2) is 6.78. The van der Waals surface area contributed by atoms with Gasteiger partial charge in [0.25, 0.3) is 0 Å². The Kier molecular flexibility index (Phi) is 5.33. The number of methoxy groups -OCH3 is 1. The van der Waals surface area contributed by atoms with E-state index in [2.05, 4.69) is 10.6 Å². The highest BCUT2D eigenvalue weighted by molar-refractivity contribution is 5.73. The standard InChI is InChI=1S/C13H20N2O2/c1-4-7-14-13(16)15-9-11-8-10(2)5-6-12(11)17-3/h5-6,8H,4,7,9H2,1-3H3,(H2,14,15,16). The Morgan fingerprint density at radius 1 is 1.35 bits per heavy atom. The molecule has 4 heteroatoms. The molecule has 0 fully saturated rings. The van der Waals surface area contributed by atoms with Crippen LogP contribution in [0.25, 0.3) is 0 Å². The second-order valence-corrected chi connectivity index (χ2v) is 3.92. The number of hydrogen-bond acceptors (Lipinski definition) is 2. The Morgan fingerprint density at radius 3 is 2.76 bits per heavy atom. The van der Waals surface area contributed by atoms with Crippen molar-refractivity contribution in [1.82, 2.24) is 10.6 Å². The van der Waals surface area contributed by atoms with E-state index < -0.39 is 0 Å². The first-order valence-electron chi connectivity index (χ1n) is 5.82. The summed E-state index contributed by atoms with van der Waals surface area (Å²) in [4.78, 5) is 11.4. The highest BCUT2D eigenvalue weighted by Gasteiger charge is 2.05.